The zero-order valence-corrected chi connectivity index (χ0v) is 37.4. The smallest absolute Gasteiger partial charge is 0.148 e. The first-order chi connectivity index (χ1) is 30.5. The Morgan fingerprint density at radius 2 is 1.46 bits per heavy atom. The third kappa shape index (κ3) is 7.67. The van der Waals surface area contributed by atoms with Crippen molar-refractivity contribution in [3.8, 4) is 39.6 Å². The number of para-hydroxylation sites is 1. The summed E-state index contributed by atoms with van der Waals surface area (Å²) in [4.78, 5) is 14.9. The van der Waals surface area contributed by atoms with E-state index < -0.39 is 32.8 Å². The zero-order valence-electron chi connectivity index (χ0n) is 38.1. The number of rotatable bonds is 5. The van der Waals surface area contributed by atoms with E-state index in [0.29, 0.717) is 33.8 Å². The minimum atomic E-state index is -2.38. The molecule has 0 aliphatic carbocycles. The van der Waals surface area contributed by atoms with Crippen LogP contribution in [0.15, 0.2) is 140 Å². The number of fused-ring (bicyclic) bond motifs is 5. The third-order valence-corrected chi connectivity index (χ3v) is 15.5. The van der Waals surface area contributed by atoms with Gasteiger partial charge in [-0.1, -0.05) is 77.7 Å². The number of thiophene rings is 1. The molecule has 9 heteroatoms. The van der Waals surface area contributed by atoms with Gasteiger partial charge in [-0.05, 0) is 63.6 Å². The number of aryl methyl sites for hydroxylation is 2. The summed E-state index contributed by atoms with van der Waals surface area (Å²) in [7, 11) is 0. The maximum absolute atomic E-state index is 15.5. The second-order valence-electron chi connectivity index (χ2n) is 15.0. The number of pyridine rings is 2. The number of aromatic nitrogens is 4. The normalized spacial score (nSPS) is 13.4. The summed E-state index contributed by atoms with van der Waals surface area (Å²) in [5, 5.41) is 4.07. The molecule has 0 bridgehead atoms. The van der Waals surface area contributed by atoms with E-state index in [1.54, 1.807) is 42.6 Å². The predicted octanol–water partition coefficient (Wildman–Crippen LogP) is 13.1. The first kappa shape index (κ1) is 33.5. The molecule has 4 aromatic heterocycles. The average Bonchev–Trinajstić information content (AvgIpc) is 3.85. The number of halogens is 2. The molecule has 1 radical (unpaired) electrons. The van der Waals surface area contributed by atoms with Crippen LogP contribution >= 0.6 is 11.3 Å². The van der Waals surface area contributed by atoms with E-state index in [1.165, 1.54) is 29.5 Å². The van der Waals surface area contributed by atoms with Crippen molar-refractivity contribution in [2.45, 2.75) is 31.0 Å². The summed E-state index contributed by atoms with van der Waals surface area (Å²) in [5.41, 5.74) is 4.76. The van der Waals surface area contributed by atoms with Gasteiger partial charge in [-0.25, -0.2) is 9.37 Å². The van der Waals surface area contributed by atoms with Gasteiger partial charge in [0.2, 0.25) is 0 Å². The van der Waals surface area contributed by atoms with E-state index in [-0.39, 0.29) is 42.6 Å². The summed E-state index contributed by atoms with van der Waals surface area (Å²) < 4.78 is 80.1. The van der Waals surface area contributed by atoms with Gasteiger partial charge in [0.25, 0.3) is 0 Å². The van der Waals surface area contributed by atoms with Gasteiger partial charge in [0.15, 0.2) is 0 Å². The largest absolute Gasteiger partial charge is 0.331 e. The van der Waals surface area contributed by atoms with Crippen molar-refractivity contribution in [2.24, 2.45) is 0 Å². The molecule has 0 unspecified atom stereocenters. The van der Waals surface area contributed by atoms with Crippen molar-refractivity contribution in [3.05, 3.63) is 175 Å². The van der Waals surface area contributed by atoms with E-state index in [9.17, 15) is 4.39 Å². The molecule has 4 heterocycles. The summed E-state index contributed by atoms with van der Waals surface area (Å²) in [5.74, 6) is 6.11. The Hall–Kier alpha value is -5.38. The molecule has 0 spiro atoms. The predicted molar refractivity (Wildman–Crippen MR) is 240 cm³/mol. The molecule has 10 rings (SSSR count). The standard InChI is InChI=1S/C35H21FN3S.C15H17FGeN.Ir/c1-21-8-2-5-11-25(21)30-19-18-27-26-12-6-13-28(33(26)40-35(27)38-30)34-37-31-15-7-14-29(36)32(31)39(34)24-17-16-22-9-3-4-10-23(22)20-24;1-11-9-15(12-7-5-6-8-13(12)16)18-10-14(11)17(2,3)4;/h2-12,14-20H,1H3;5-6,8-10H,1-4H3;/q2*-1;/i2*1D3;. The van der Waals surface area contributed by atoms with Crippen LogP contribution in [0.5, 0.6) is 0 Å². The van der Waals surface area contributed by atoms with E-state index >= 15 is 4.39 Å². The van der Waals surface area contributed by atoms with Crippen LogP contribution in [0.25, 0.3) is 81.7 Å². The fourth-order valence-electron chi connectivity index (χ4n) is 7.27. The Labute approximate surface area is 370 Å². The molecular weight excluding hydrogens is 991 g/mol. The molecule has 10 aromatic rings. The summed E-state index contributed by atoms with van der Waals surface area (Å²) in [6, 6.07) is 45.9. The average molecular weight is 1040 g/mol. The maximum atomic E-state index is 15.5. The molecule has 6 aromatic carbocycles. The molecule has 4 nitrogen and oxygen atoms in total. The Balaban J connectivity index is 0.000000222. The monoisotopic (exact) mass is 1040 g/mol. The van der Waals surface area contributed by atoms with Crippen LogP contribution in [0.1, 0.15) is 19.4 Å². The van der Waals surface area contributed by atoms with Gasteiger partial charge in [-0.15, -0.1) is 18.2 Å². The third-order valence-electron chi connectivity index (χ3n) is 10.1. The first-order valence-corrected chi connectivity index (χ1v) is 26.8. The van der Waals surface area contributed by atoms with Crippen LogP contribution in [0.4, 0.5) is 8.78 Å². The minimum absolute atomic E-state index is 0. The summed E-state index contributed by atoms with van der Waals surface area (Å²) >= 11 is -0.880. The number of imidazole rings is 1. The molecule has 0 amide bonds. The van der Waals surface area contributed by atoms with Crippen molar-refractivity contribution in [3.63, 3.8) is 0 Å². The van der Waals surface area contributed by atoms with Gasteiger partial charge in [-0.3, -0.25) is 4.98 Å². The number of hydrogen-bond donors (Lipinski definition) is 0. The van der Waals surface area contributed by atoms with Crippen molar-refractivity contribution in [1.29, 1.82) is 0 Å². The number of nitrogens with zero attached hydrogens (tertiary/aromatic N) is 4. The van der Waals surface area contributed by atoms with Crippen LogP contribution in [0.3, 0.4) is 0 Å². The van der Waals surface area contributed by atoms with Crippen molar-refractivity contribution < 1.29 is 37.1 Å². The fourth-order valence-corrected chi connectivity index (χ4v) is 11.2. The Morgan fingerprint density at radius 1 is 0.678 bits per heavy atom. The van der Waals surface area contributed by atoms with E-state index in [4.69, 9.17) is 18.2 Å². The van der Waals surface area contributed by atoms with Gasteiger partial charge in [0.05, 0.1) is 22.6 Å². The molecule has 0 saturated heterocycles. The van der Waals surface area contributed by atoms with Gasteiger partial charge < -0.3 is 4.57 Å². The maximum Gasteiger partial charge on any atom is 0.148 e. The van der Waals surface area contributed by atoms with Gasteiger partial charge in [0, 0.05) is 35.5 Å². The Morgan fingerprint density at radius 3 is 2.27 bits per heavy atom. The molecule has 0 aliphatic rings. The van der Waals surface area contributed by atoms with Crippen LogP contribution < -0.4 is 4.40 Å². The number of hydrogen-bond acceptors (Lipinski definition) is 4. The van der Waals surface area contributed by atoms with E-state index in [1.807, 2.05) is 77.4 Å². The van der Waals surface area contributed by atoms with Crippen LogP contribution in [-0.2, 0) is 20.1 Å². The molecule has 293 valence electrons. The molecular formula is C50H38F2GeIrN4S-2. The van der Waals surface area contributed by atoms with Gasteiger partial charge in [0.1, 0.15) is 10.6 Å². The summed E-state index contributed by atoms with van der Waals surface area (Å²) in [6.07, 6.45) is 1.61. The van der Waals surface area contributed by atoms with Crippen LogP contribution in [0, 0.1) is 37.5 Å². The van der Waals surface area contributed by atoms with Crippen LogP contribution in [0.2, 0.25) is 17.3 Å². The first-order valence-electron chi connectivity index (χ1n) is 21.7. The second kappa shape index (κ2) is 16.3. The Bertz CT molecular complexity index is 3420. The van der Waals surface area contributed by atoms with Gasteiger partial charge in [-0.2, -0.15) is 11.3 Å². The van der Waals surface area contributed by atoms with E-state index in [2.05, 4.69) is 40.5 Å². The van der Waals surface area contributed by atoms with Gasteiger partial charge >= 0.3 is 114 Å². The quantitative estimate of drug-likeness (QED) is 0.127. The topological polar surface area (TPSA) is 43.6 Å². The van der Waals surface area contributed by atoms with E-state index in [0.717, 1.165) is 46.7 Å². The van der Waals surface area contributed by atoms with Crippen molar-refractivity contribution >= 4 is 71.1 Å². The molecule has 59 heavy (non-hydrogen) atoms. The van der Waals surface area contributed by atoms with Crippen molar-refractivity contribution in [2.75, 3.05) is 0 Å². The molecule has 0 N–H and O–H groups in total. The second-order valence-corrected chi connectivity index (χ2v) is 26.5. The minimum Gasteiger partial charge on any atom is -0.331 e. The fraction of sp³-hybridized carbons (Fsp3) is 0.100. The molecule has 0 fully saturated rings. The van der Waals surface area contributed by atoms with Crippen LogP contribution in [-0.4, -0.2) is 32.8 Å². The summed E-state index contributed by atoms with van der Waals surface area (Å²) in [6.45, 7) is -4.48. The SMILES string of the molecule is [2H]C([2H])([2H])c1cc(-c2[c-]cccc2F)nc[c]1[Ge]([CH3])([CH3])[CH3].[2H]C([2H])([2H])c1ccccc1-c1ccc2c(n1)sc1c(-c3nc4cccc(F)c4n3-c3ccc4ccccc4c3)[c-]ccc12.[Ir]. The molecule has 0 aliphatic heterocycles. The Kier molecular flexibility index (Phi) is 9.27. The number of benzene rings is 6. The molecule has 0 saturated carbocycles. The zero-order chi connectivity index (χ0) is 45.1. The molecule has 0 atom stereocenters. The van der Waals surface area contributed by atoms with Crippen molar-refractivity contribution in [1.82, 2.24) is 19.5 Å².